The van der Waals surface area contributed by atoms with Crippen LogP contribution in [0.2, 0.25) is 0 Å². The Balaban J connectivity index is 0.00000141. The lowest BCUT2D eigenvalue weighted by Gasteiger charge is -2.33. The maximum Gasteiger partial charge on any atom is 0.315 e. The van der Waals surface area contributed by atoms with Crippen molar-refractivity contribution in [3.63, 3.8) is 0 Å². The van der Waals surface area contributed by atoms with Crippen LogP contribution in [0.15, 0.2) is 66.7 Å². The molecule has 8 heteroatoms. The van der Waals surface area contributed by atoms with E-state index in [4.69, 9.17) is 9.82 Å². The van der Waals surface area contributed by atoms with Crippen molar-refractivity contribution in [1.29, 1.82) is 1.45 Å². The molecule has 1 saturated carbocycles. The monoisotopic (exact) mass is 561 g/mol. The number of aryl methyl sites for hydroxylation is 1. The molecule has 0 bridgehead atoms. The molecule has 0 radical (unpaired) electrons. The number of likely N-dealkylation sites (tertiary alicyclic amines) is 1. The van der Waals surface area contributed by atoms with Crippen molar-refractivity contribution in [3.8, 4) is 0 Å². The minimum absolute atomic E-state index is 0. The molecule has 0 spiro atoms. The number of alkyl halides is 1. The van der Waals surface area contributed by atoms with Crippen LogP contribution in [0.25, 0.3) is 0 Å². The van der Waals surface area contributed by atoms with Crippen LogP contribution >= 0.6 is 0 Å². The van der Waals surface area contributed by atoms with Gasteiger partial charge in [0.15, 0.2) is 0 Å². The van der Waals surface area contributed by atoms with Gasteiger partial charge in [-0.3, -0.25) is 13.8 Å². The predicted octanol–water partition coefficient (Wildman–Crippen LogP) is 6.89. The molecule has 2 heterocycles. The molecule has 2 aliphatic rings. The van der Waals surface area contributed by atoms with Gasteiger partial charge in [0.05, 0.1) is 18.9 Å². The number of amides is 2. The minimum Gasteiger partial charge on any atom is -0.335 e. The van der Waals surface area contributed by atoms with E-state index in [2.05, 4.69) is 89.3 Å². The Morgan fingerprint density at radius 2 is 1.70 bits per heavy atom. The summed E-state index contributed by atoms with van der Waals surface area (Å²) in [6.45, 7) is 6.26. The van der Waals surface area contributed by atoms with Gasteiger partial charge in [-0.05, 0) is 69.3 Å². The zero-order chi connectivity index (χ0) is 28.7. The molecule has 1 saturated heterocycles. The lowest BCUT2D eigenvalue weighted by molar-refractivity contribution is 0.197. The van der Waals surface area contributed by atoms with Crippen LogP contribution in [0.1, 0.15) is 82.4 Å². The highest BCUT2D eigenvalue weighted by molar-refractivity contribution is 5.75. The van der Waals surface area contributed by atoms with Gasteiger partial charge in [-0.15, -0.1) is 0 Å². The highest BCUT2D eigenvalue weighted by Crippen LogP contribution is 2.30. The van der Waals surface area contributed by atoms with Crippen molar-refractivity contribution in [2.24, 2.45) is 0 Å². The van der Waals surface area contributed by atoms with E-state index in [1.165, 1.54) is 22.5 Å². The van der Waals surface area contributed by atoms with E-state index < -0.39 is 0 Å². The SMILES string of the molecule is C.CCn1nc(Cc2ccccc2)cc1C1CCN(CC[C@H](NC(=O)NC2CC2)c2ccccc2)CC1.CF.[3HH].[3H]F. The van der Waals surface area contributed by atoms with Gasteiger partial charge >= 0.3 is 6.03 Å². The van der Waals surface area contributed by atoms with Crippen LogP contribution in [0, 0.1) is 0 Å². The minimum atomic E-state index is -0.0378. The maximum absolute atomic E-state index is 12.5. The van der Waals surface area contributed by atoms with Gasteiger partial charge in [0, 0.05) is 38.6 Å². The summed E-state index contributed by atoms with van der Waals surface area (Å²) in [4.78, 5) is 15.0. The third kappa shape index (κ3) is 9.44. The van der Waals surface area contributed by atoms with Gasteiger partial charge in [0.1, 0.15) is 0 Å². The number of urea groups is 1. The van der Waals surface area contributed by atoms with Gasteiger partial charge in [0.2, 0.25) is 0 Å². The van der Waals surface area contributed by atoms with E-state index in [1.54, 1.807) is 0 Å². The molecule has 3 aromatic rings. The second kappa shape index (κ2) is 16.8. The third-order valence-corrected chi connectivity index (χ3v) is 7.55. The van der Waals surface area contributed by atoms with Gasteiger partial charge in [0.25, 0.3) is 1.45 Å². The Kier molecular flexibility index (Phi) is 13.1. The second-order valence-corrected chi connectivity index (χ2v) is 10.3. The molecule has 0 unspecified atom stereocenters. The fourth-order valence-electron chi connectivity index (χ4n) is 5.34. The molecule has 2 aromatic carbocycles. The standard InChI is InChI=1S/C30H39N5O.CH3F.CH4.FH.H2/c1-2-35-29(22-27(33-35)21-23-9-5-3-6-10-23)25-15-18-34(19-16-25)20-17-28(24-11-7-4-8-12-24)32-30(36)31-26-13-14-26;1-2;;;/h3-12,22,25-26,28H,2,13-21H2,1H3,(H2,31,32,36);1H3;1H4;2*1H/t28-;;;;/m0..../s1/i;;;;1+2/hT. The number of nitrogens with one attached hydrogen (secondary N) is 2. The average Bonchev–Trinajstić information content (AvgIpc) is 3.74. The Morgan fingerprint density at radius 3 is 2.30 bits per heavy atom. The van der Waals surface area contributed by atoms with Crippen LogP contribution in [-0.4, -0.2) is 55.0 Å². The van der Waals surface area contributed by atoms with Crippen molar-refractivity contribution in [2.75, 3.05) is 26.8 Å². The van der Waals surface area contributed by atoms with Crippen molar-refractivity contribution in [2.45, 2.75) is 77.4 Å². The molecule has 6 nitrogen and oxygen atoms in total. The molecule has 5 rings (SSSR count). The summed E-state index contributed by atoms with van der Waals surface area (Å²) in [5.74, 6) is 0.561. The highest BCUT2D eigenvalue weighted by atomic mass is 19.1. The number of halogens is 2. The van der Waals surface area contributed by atoms with Crippen LogP contribution in [0.4, 0.5) is 13.9 Å². The first-order valence-corrected chi connectivity index (χ1v) is 14.0. The van der Waals surface area contributed by atoms with E-state index in [9.17, 15) is 9.18 Å². The molecule has 2 fully saturated rings. The lowest BCUT2D eigenvalue weighted by Crippen LogP contribution is -2.41. The topological polar surface area (TPSA) is 62.2 Å². The largest absolute Gasteiger partial charge is 0.335 e. The highest BCUT2D eigenvalue weighted by Gasteiger charge is 2.27. The quantitative estimate of drug-likeness (QED) is 0.283. The first-order chi connectivity index (χ1) is 19.7. The summed E-state index contributed by atoms with van der Waals surface area (Å²) in [7, 11) is 0.500. The number of benzene rings is 2. The fourth-order valence-corrected chi connectivity index (χ4v) is 5.34. The lowest BCUT2D eigenvalue weighted by atomic mass is 9.92. The Labute approximate surface area is 241 Å². The fraction of sp³-hybridized carbons (Fsp3) is 0.500. The molecule has 1 aromatic heterocycles. The Bertz CT molecular complexity index is 1120. The number of nitrogens with zero attached hydrogens (tertiary/aromatic N) is 3. The number of carbonyl (C=O) groups is 1. The molecular formula is C32H49F2N5O. The number of aromatic nitrogens is 2. The third-order valence-electron chi connectivity index (χ3n) is 7.55. The van der Waals surface area contributed by atoms with Crippen LogP contribution in [0.3, 0.4) is 0 Å². The molecule has 1 aliphatic heterocycles. The number of hydrogen-bond donors (Lipinski definition) is 2. The summed E-state index contributed by atoms with van der Waals surface area (Å²) in [5.41, 5.74) is 5.05. The molecule has 2 N–H and O–H groups in total. The average molecular weight is 562 g/mol. The first kappa shape index (κ1) is 31.3. The molecule has 1 aliphatic carbocycles. The molecule has 222 valence electrons. The Morgan fingerprint density at radius 1 is 1.07 bits per heavy atom. The predicted molar refractivity (Wildman–Crippen MR) is 162 cm³/mol. The van der Waals surface area contributed by atoms with E-state index in [1.807, 2.05) is 6.07 Å². The zero-order valence-electron chi connectivity index (χ0n) is 24.2. The molecule has 1 atom stereocenters. The second-order valence-electron chi connectivity index (χ2n) is 10.3. The molecule has 2 amide bonds. The van der Waals surface area contributed by atoms with Gasteiger partial charge < -0.3 is 15.5 Å². The van der Waals surface area contributed by atoms with Crippen molar-refractivity contribution in [3.05, 3.63) is 89.2 Å². The van der Waals surface area contributed by atoms with Gasteiger partial charge in [-0.25, -0.2) is 4.79 Å². The van der Waals surface area contributed by atoms with E-state index in [-0.39, 0.29) is 20.9 Å². The van der Waals surface area contributed by atoms with E-state index in [0.29, 0.717) is 19.1 Å². The van der Waals surface area contributed by atoms with Gasteiger partial charge in [-0.2, -0.15) is 5.10 Å². The van der Waals surface area contributed by atoms with Gasteiger partial charge in [-0.1, -0.05) is 68.1 Å². The number of carbonyl (C=O) groups excluding carboxylic acids is 1. The normalized spacial score (nSPS) is 16.1. The first-order valence-electron chi connectivity index (χ1n) is 14.4. The van der Waals surface area contributed by atoms with Crippen LogP contribution in [-0.2, 0) is 13.0 Å². The zero-order valence-corrected chi connectivity index (χ0v) is 23.2. The van der Waals surface area contributed by atoms with Crippen LogP contribution < -0.4 is 10.6 Å². The molecule has 40 heavy (non-hydrogen) atoms. The number of hydrogen-bond acceptors (Lipinski definition) is 3. The smallest absolute Gasteiger partial charge is 0.315 e. The summed E-state index contributed by atoms with van der Waals surface area (Å²) in [6.07, 6.45) is 6.32. The van der Waals surface area contributed by atoms with E-state index in [0.717, 1.165) is 64.7 Å². The summed E-state index contributed by atoms with van der Waals surface area (Å²) in [5, 5.41) is 11.2. The van der Waals surface area contributed by atoms with E-state index >= 15 is 0 Å². The van der Waals surface area contributed by atoms with Crippen molar-refractivity contribution >= 4 is 6.03 Å². The van der Waals surface area contributed by atoms with Crippen molar-refractivity contribution in [1.82, 2.24) is 25.3 Å². The summed E-state index contributed by atoms with van der Waals surface area (Å²) >= 11 is 0. The maximum atomic E-state index is 12.5. The summed E-state index contributed by atoms with van der Waals surface area (Å²) in [6, 6.07) is 23.7. The Hall–Kier alpha value is -3.26. The summed E-state index contributed by atoms with van der Waals surface area (Å²) < 4.78 is 24.7. The van der Waals surface area contributed by atoms with Crippen LogP contribution in [0.5, 0.6) is 0 Å². The number of piperidine rings is 1. The molecular weight excluding hydrogens is 508 g/mol. The van der Waals surface area contributed by atoms with Crippen molar-refractivity contribution < 1.29 is 15.3 Å². The number of rotatable bonds is 10.